The zero-order chi connectivity index (χ0) is 21.8. The second kappa shape index (κ2) is 9.09. The van der Waals surface area contributed by atoms with E-state index in [1.54, 1.807) is 18.2 Å². The van der Waals surface area contributed by atoms with Gasteiger partial charge in [0.15, 0.2) is 5.13 Å². The molecule has 0 spiro atoms. The predicted octanol–water partition coefficient (Wildman–Crippen LogP) is 4.74. The normalized spacial score (nSPS) is 15.0. The largest absolute Gasteiger partial charge is 0.335 e. The Morgan fingerprint density at radius 3 is 2.16 bits per heavy atom. The van der Waals surface area contributed by atoms with Crippen molar-refractivity contribution in [2.75, 3.05) is 16.0 Å². The fraction of sp³-hybridized carbons (Fsp3) is 0.190. The molecular weight excluding hydrogens is 424 g/mol. The predicted molar refractivity (Wildman–Crippen MR) is 116 cm³/mol. The molecule has 4 amide bonds. The van der Waals surface area contributed by atoms with Gasteiger partial charge in [0.1, 0.15) is 11.6 Å². The summed E-state index contributed by atoms with van der Waals surface area (Å²) in [5, 5.41) is 10.8. The number of aryl methyl sites for hydroxylation is 1. The highest BCUT2D eigenvalue weighted by atomic mass is 32.1. The summed E-state index contributed by atoms with van der Waals surface area (Å²) < 4.78 is 27.3. The minimum Gasteiger partial charge on any atom is -0.335 e. The molecule has 0 saturated carbocycles. The standard InChI is InChI=1S/C21H19F2N5O2S/c22-13-5-1-3-7-15(13)25-19(29)24-12-9-10-17-18(11-12)31-21(27-17)28-20(30)26-16-8-4-2-6-14(16)23/h1-8,12H,9-11H2,(H2,24,25,29)(H2,26,27,28,30). The van der Waals surface area contributed by atoms with Gasteiger partial charge in [-0.1, -0.05) is 24.3 Å². The van der Waals surface area contributed by atoms with Gasteiger partial charge in [0.25, 0.3) is 0 Å². The fourth-order valence-corrected chi connectivity index (χ4v) is 4.35. The van der Waals surface area contributed by atoms with E-state index in [-0.39, 0.29) is 17.4 Å². The summed E-state index contributed by atoms with van der Waals surface area (Å²) in [6.07, 6.45) is 1.85. The number of halogens is 2. The minimum absolute atomic E-state index is 0.0754. The Labute approximate surface area is 180 Å². The van der Waals surface area contributed by atoms with Crippen LogP contribution in [-0.2, 0) is 12.8 Å². The second-order valence-electron chi connectivity index (χ2n) is 6.97. The zero-order valence-corrected chi connectivity index (χ0v) is 17.1. The maximum atomic E-state index is 13.7. The number of carbonyl (C=O) groups excluding carboxylic acids is 2. The monoisotopic (exact) mass is 443 g/mol. The molecule has 4 N–H and O–H groups in total. The van der Waals surface area contributed by atoms with Crippen molar-refractivity contribution in [3.8, 4) is 0 Å². The van der Waals surface area contributed by atoms with Crippen LogP contribution in [0.3, 0.4) is 0 Å². The Morgan fingerprint density at radius 2 is 1.52 bits per heavy atom. The van der Waals surface area contributed by atoms with Gasteiger partial charge in [-0.2, -0.15) is 0 Å². The number of carbonyl (C=O) groups is 2. The number of hydrogen-bond acceptors (Lipinski definition) is 4. The van der Waals surface area contributed by atoms with Gasteiger partial charge in [0.05, 0.1) is 17.1 Å². The first-order valence-corrected chi connectivity index (χ1v) is 10.4. The molecule has 0 radical (unpaired) electrons. The molecule has 160 valence electrons. The number of hydrogen-bond donors (Lipinski definition) is 4. The quantitative estimate of drug-likeness (QED) is 0.469. The first kappa shape index (κ1) is 20.7. The lowest BCUT2D eigenvalue weighted by atomic mass is 9.98. The summed E-state index contributed by atoms with van der Waals surface area (Å²) in [5.74, 6) is -1.03. The Morgan fingerprint density at radius 1 is 0.903 bits per heavy atom. The van der Waals surface area contributed by atoms with E-state index < -0.39 is 23.7 Å². The molecule has 31 heavy (non-hydrogen) atoms. The molecule has 4 rings (SSSR count). The van der Waals surface area contributed by atoms with Crippen molar-refractivity contribution in [2.24, 2.45) is 0 Å². The number of nitrogens with one attached hydrogen (secondary N) is 4. The molecule has 1 unspecified atom stereocenters. The van der Waals surface area contributed by atoms with Crippen LogP contribution in [0.5, 0.6) is 0 Å². The number of rotatable bonds is 4. The third kappa shape index (κ3) is 5.15. The van der Waals surface area contributed by atoms with Crippen LogP contribution in [0.1, 0.15) is 17.0 Å². The van der Waals surface area contributed by atoms with Gasteiger partial charge in [0, 0.05) is 17.3 Å². The van der Waals surface area contributed by atoms with Crippen molar-refractivity contribution >= 4 is 39.9 Å². The third-order valence-corrected chi connectivity index (χ3v) is 5.77. The summed E-state index contributed by atoms with van der Waals surface area (Å²) in [7, 11) is 0. The van der Waals surface area contributed by atoms with Crippen molar-refractivity contribution in [3.05, 3.63) is 70.7 Å². The van der Waals surface area contributed by atoms with E-state index in [0.29, 0.717) is 24.4 Å². The van der Waals surface area contributed by atoms with Gasteiger partial charge in [-0.05, 0) is 37.1 Å². The first-order chi connectivity index (χ1) is 15.0. The third-order valence-electron chi connectivity index (χ3n) is 4.74. The zero-order valence-electron chi connectivity index (χ0n) is 16.2. The number of amides is 4. The highest BCUT2D eigenvalue weighted by molar-refractivity contribution is 7.15. The summed E-state index contributed by atoms with van der Waals surface area (Å²) in [5.41, 5.74) is 1.05. The van der Waals surface area contributed by atoms with Crippen molar-refractivity contribution < 1.29 is 18.4 Å². The van der Waals surface area contributed by atoms with Crippen LogP contribution < -0.4 is 21.3 Å². The van der Waals surface area contributed by atoms with Crippen LogP contribution in [-0.4, -0.2) is 23.1 Å². The number of aromatic nitrogens is 1. The number of anilines is 3. The second-order valence-corrected chi connectivity index (χ2v) is 8.05. The topological polar surface area (TPSA) is 95.2 Å². The molecule has 0 fully saturated rings. The summed E-state index contributed by atoms with van der Waals surface area (Å²) >= 11 is 1.31. The Kier molecular flexibility index (Phi) is 6.08. The van der Waals surface area contributed by atoms with E-state index in [2.05, 4.69) is 26.3 Å². The number of para-hydroxylation sites is 2. The Balaban J connectivity index is 1.33. The molecule has 0 aliphatic heterocycles. The number of fused-ring (bicyclic) bond motifs is 1. The van der Waals surface area contributed by atoms with E-state index in [0.717, 1.165) is 10.6 Å². The summed E-state index contributed by atoms with van der Waals surface area (Å²) in [6.45, 7) is 0. The highest BCUT2D eigenvalue weighted by Crippen LogP contribution is 2.30. The van der Waals surface area contributed by atoms with Gasteiger partial charge in [0.2, 0.25) is 0 Å². The molecular formula is C21H19F2N5O2S. The maximum absolute atomic E-state index is 13.7. The van der Waals surface area contributed by atoms with Gasteiger partial charge in [-0.15, -0.1) is 11.3 Å². The number of benzene rings is 2. The number of urea groups is 2. The molecule has 0 saturated heterocycles. The molecule has 3 aromatic rings. The average Bonchev–Trinajstić information content (AvgIpc) is 3.12. The molecule has 1 aliphatic carbocycles. The van der Waals surface area contributed by atoms with Gasteiger partial charge < -0.3 is 16.0 Å². The van der Waals surface area contributed by atoms with Crippen LogP contribution in [0.25, 0.3) is 0 Å². The van der Waals surface area contributed by atoms with Crippen molar-refractivity contribution in [1.29, 1.82) is 0 Å². The van der Waals surface area contributed by atoms with Crippen molar-refractivity contribution in [3.63, 3.8) is 0 Å². The van der Waals surface area contributed by atoms with E-state index in [1.165, 1.54) is 41.7 Å². The number of thiazole rings is 1. The molecule has 2 aromatic carbocycles. The van der Waals surface area contributed by atoms with Gasteiger partial charge in [-0.3, -0.25) is 5.32 Å². The van der Waals surface area contributed by atoms with Gasteiger partial charge >= 0.3 is 12.1 Å². The van der Waals surface area contributed by atoms with E-state index in [1.807, 2.05) is 0 Å². The fourth-order valence-electron chi connectivity index (χ4n) is 3.27. The average molecular weight is 443 g/mol. The van der Waals surface area contributed by atoms with Crippen molar-refractivity contribution in [2.45, 2.75) is 25.3 Å². The SMILES string of the molecule is O=C(Nc1nc2c(s1)CC(NC(=O)Nc1ccccc1F)CC2)Nc1ccccc1F. The van der Waals surface area contributed by atoms with Crippen LogP contribution in [0.4, 0.5) is 34.9 Å². The Hall–Kier alpha value is -3.53. The lowest BCUT2D eigenvalue weighted by Crippen LogP contribution is -2.41. The Bertz CT molecular complexity index is 1120. The molecule has 0 bridgehead atoms. The van der Waals surface area contributed by atoms with Crippen LogP contribution >= 0.6 is 11.3 Å². The van der Waals surface area contributed by atoms with Crippen LogP contribution in [0.2, 0.25) is 0 Å². The summed E-state index contributed by atoms with van der Waals surface area (Å²) in [4.78, 5) is 29.7. The molecule has 1 heterocycles. The first-order valence-electron chi connectivity index (χ1n) is 9.61. The molecule has 1 atom stereocenters. The highest BCUT2D eigenvalue weighted by Gasteiger charge is 2.24. The van der Waals surface area contributed by atoms with Crippen LogP contribution in [0.15, 0.2) is 48.5 Å². The lowest BCUT2D eigenvalue weighted by molar-refractivity contribution is 0.247. The van der Waals surface area contributed by atoms with Gasteiger partial charge in [-0.25, -0.2) is 23.4 Å². The molecule has 10 heteroatoms. The molecule has 1 aromatic heterocycles. The molecule has 7 nitrogen and oxygen atoms in total. The van der Waals surface area contributed by atoms with E-state index in [4.69, 9.17) is 0 Å². The van der Waals surface area contributed by atoms with E-state index in [9.17, 15) is 18.4 Å². The lowest BCUT2D eigenvalue weighted by Gasteiger charge is -2.22. The van der Waals surface area contributed by atoms with E-state index >= 15 is 0 Å². The smallest absolute Gasteiger partial charge is 0.325 e. The number of nitrogens with zero attached hydrogens (tertiary/aromatic N) is 1. The molecule has 1 aliphatic rings. The minimum atomic E-state index is -0.588. The maximum Gasteiger partial charge on any atom is 0.325 e. The summed E-state index contributed by atoms with van der Waals surface area (Å²) in [6, 6.07) is 10.6. The van der Waals surface area contributed by atoms with Crippen molar-refractivity contribution in [1.82, 2.24) is 10.3 Å². The van der Waals surface area contributed by atoms with Crippen LogP contribution in [0, 0.1) is 11.6 Å².